The molecule has 0 bridgehead atoms. The summed E-state index contributed by atoms with van der Waals surface area (Å²) >= 11 is 0. The highest BCUT2D eigenvalue weighted by atomic mass is 19.4. The minimum absolute atomic E-state index is 0.00163. The molecule has 1 unspecified atom stereocenters. The maximum absolute atomic E-state index is 13.5. The van der Waals surface area contributed by atoms with E-state index in [0.717, 1.165) is 12.1 Å². The van der Waals surface area contributed by atoms with Gasteiger partial charge in [0.1, 0.15) is 23.2 Å². The van der Waals surface area contributed by atoms with Gasteiger partial charge < -0.3 is 10.5 Å². The zero-order chi connectivity index (χ0) is 16.3. The Morgan fingerprint density at radius 1 is 1.09 bits per heavy atom. The molecule has 0 saturated carbocycles. The number of halogens is 4. The highest BCUT2D eigenvalue weighted by Gasteiger charge is 2.34. The van der Waals surface area contributed by atoms with E-state index in [2.05, 4.69) is 0 Å². The molecule has 2 aromatic rings. The zero-order valence-corrected chi connectivity index (χ0v) is 11.8. The second kappa shape index (κ2) is 6.25. The number of alkyl halides is 4. The molecule has 22 heavy (non-hydrogen) atoms. The molecular weight excluding hydrogens is 298 g/mol. The largest absolute Gasteiger partial charge is 0.457 e. The van der Waals surface area contributed by atoms with Gasteiger partial charge in [0.2, 0.25) is 0 Å². The van der Waals surface area contributed by atoms with Crippen molar-refractivity contribution in [1.82, 2.24) is 0 Å². The standard InChI is InChI=1S/C16H15F4NO/c1-2-14(17)10-3-6-12(7-4-10)22-15-8-5-11(21)9-13(15)16(18,19)20/h3-9,14H,2,21H2,1H3. The summed E-state index contributed by atoms with van der Waals surface area (Å²) in [4.78, 5) is 0. The van der Waals surface area contributed by atoms with Crippen LogP contribution in [0.4, 0.5) is 23.2 Å². The van der Waals surface area contributed by atoms with Crippen LogP contribution in [0.3, 0.4) is 0 Å². The first kappa shape index (κ1) is 16.1. The topological polar surface area (TPSA) is 35.2 Å². The zero-order valence-electron chi connectivity index (χ0n) is 11.8. The Kier molecular flexibility index (Phi) is 4.59. The van der Waals surface area contributed by atoms with Crippen molar-refractivity contribution in [2.45, 2.75) is 25.7 Å². The second-order valence-corrected chi connectivity index (χ2v) is 4.80. The van der Waals surface area contributed by atoms with Crippen LogP contribution < -0.4 is 10.5 Å². The van der Waals surface area contributed by atoms with Crippen molar-refractivity contribution < 1.29 is 22.3 Å². The van der Waals surface area contributed by atoms with Crippen molar-refractivity contribution >= 4 is 5.69 Å². The van der Waals surface area contributed by atoms with Crippen LogP contribution in [-0.2, 0) is 6.18 Å². The lowest BCUT2D eigenvalue weighted by Gasteiger charge is -2.14. The van der Waals surface area contributed by atoms with Crippen molar-refractivity contribution in [2.24, 2.45) is 0 Å². The average molecular weight is 313 g/mol. The van der Waals surface area contributed by atoms with Crippen LogP contribution in [0, 0.1) is 0 Å². The third-order valence-electron chi connectivity index (χ3n) is 3.14. The first-order valence-electron chi connectivity index (χ1n) is 6.70. The molecule has 0 spiro atoms. The van der Waals surface area contributed by atoms with Crippen molar-refractivity contribution in [3.8, 4) is 11.5 Å². The van der Waals surface area contributed by atoms with E-state index in [1.54, 1.807) is 6.92 Å². The summed E-state index contributed by atoms with van der Waals surface area (Å²) in [5.74, 6) is -0.149. The molecule has 0 saturated heterocycles. The quantitative estimate of drug-likeness (QED) is 0.597. The molecule has 0 heterocycles. The van der Waals surface area contributed by atoms with Gasteiger partial charge in [-0.15, -0.1) is 0 Å². The van der Waals surface area contributed by atoms with Gasteiger partial charge in [0.25, 0.3) is 0 Å². The summed E-state index contributed by atoms with van der Waals surface area (Å²) in [6.45, 7) is 1.71. The summed E-state index contributed by atoms with van der Waals surface area (Å²) in [5, 5.41) is 0. The molecule has 1 atom stereocenters. The SMILES string of the molecule is CCC(F)c1ccc(Oc2ccc(N)cc2C(F)(F)F)cc1. The van der Waals surface area contributed by atoms with Gasteiger partial charge in [0.15, 0.2) is 0 Å². The number of anilines is 1. The van der Waals surface area contributed by atoms with Crippen LogP contribution in [0.15, 0.2) is 42.5 Å². The van der Waals surface area contributed by atoms with E-state index in [1.807, 2.05) is 0 Å². The smallest absolute Gasteiger partial charge is 0.420 e. The van der Waals surface area contributed by atoms with Gasteiger partial charge in [-0.1, -0.05) is 19.1 Å². The monoisotopic (exact) mass is 313 g/mol. The predicted molar refractivity (Wildman–Crippen MR) is 76.5 cm³/mol. The Hall–Kier alpha value is -2.24. The van der Waals surface area contributed by atoms with Gasteiger partial charge in [-0.2, -0.15) is 13.2 Å². The Labute approximate surface area is 125 Å². The molecule has 2 rings (SSSR count). The van der Waals surface area contributed by atoms with E-state index < -0.39 is 17.9 Å². The van der Waals surface area contributed by atoms with Crippen LogP contribution >= 0.6 is 0 Å². The van der Waals surface area contributed by atoms with E-state index >= 15 is 0 Å². The maximum atomic E-state index is 13.5. The van der Waals surface area contributed by atoms with Crippen LogP contribution in [0.25, 0.3) is 0 Å². The molecule has 0 aliphatic carbocycles. The Bertz CT molecular complexity index is 638. The first-order chi connectivity index (χ1) is 10.3. The lowest BCUT2D eigenvalue weighted by atomic mass is 10.1. The number of hydrogen-bond donors (Lipinski definition) is 1. The number of nitrogen functional groups attached to an aromatic ring is 1. The summed E-state index contributed by atoms with van der Waals surface area (Å²) in [5.41, 5.74) is 4.90. The minimum atomic E-state index is -4.57. The minimum Gasteiger partial charge on any atom is -0.457 e. The number of hydrogen-bond acceptors (Lipinski definition) is 2. The van der Waals surface area contributed by atoms with Crippen LogP contribution in [0.1, 0.15) is 30.6 Å². The van der Waals surface area contributed by atoms with Crippen molar-refractivity contribution in [1.29, 1.82) is 0 Å². The van der Waals surface area contributed by atoms with Crippen LogP contribution in [-0.4, -0.2) is 0 Å². The molecule has 118 valence electrons. The van der Waals surface area contributed by atoms with E-state index in [4.69, 9.17) is 10.5 Å². The van der Waals surface area contributed by atoms with Gasteiger partial charge in [-0.05, 0) is 42.3 Å². The Balaban J connectivity index is 2.28. The average Bonchev–Trinajstić information content (AvgIpc) is 2.48. The van der Waals surface area contributed by atoms with Crippen LogP contribution in [0.5, 0.6) is 11.5 Å². The molecular formula is C16H15F4NO. The molecule has 0 radical (unpaired) electrons. The van der Waals surface area contributed by atoms with Crippen molar-refractivity contribution in [3.05, 3.63) is 53.6 Å². The van der Waals surface area contributed by atoms with Gasteiger partial charge in [0.05, 0.1) is 0 Å². The third kappa shape index (κ3) is 3.69. The summed E-state index contributed by atoms with van der Waals surface area (Å²) < 4.78 is 57.6. The highest BCUT2D eigenvalue weighted by Crippen LogP contribution is 2.39. The summed E-state index contributed by atoms with van der Waals surface area (Å²) in [6.07, 6.45) is -5.34. The fourth-order valence-electron chi connectivity index (χ4n) is 1.97. The molecule has 0 aliphatic heterocycles. The number of ether oxygens (including phenoxy) is 1. The highest BCUT2D eigenvalue weighted by molar-refractivity contribution is 5.50. The van der Waals surface area contributed by atoms with Gasteiger partial charge >= 0.3 is 6.18 Å². The molecule has 0 aliphatic rings. The van der Waals surface area contributed by atoms with Crippen LogP contribution in [0.2, 0.25) is 0 Å². The maximum Gasteiger partial charge on any atom is 0.420 e. The summed E-state index contributed by atoms with van der Waals surface area (Å²) in [7, 11) is 0. The molecule has 2 aromatic carbocycles. The Morgan fingerprint density at radius 2 is 1.73 bits per heavy atom. The molecule has 0 fully saturated rings. The molecule has 0 aromatic heterocycles. The predicted octanol–water partition coefficient (Wildman–Crippen LogP) is 5.50. The molecule has 2 N–H and O–H groups in total. The fourth-order valence-corrected chi connectivity index (χ4v) is 1.97. The van der Waals surface area contributed by atoms with Gasteiger partial charge in [-0.3, -0.25) is 0 Å². The van der Waals surface area contributed by atoms with E-state index in [0.29, 0.717) is 12.0 Å². The molecule has 2 nitrogen and oxygen atoms in total. The Morgan fingerprint density at radius 3 is 2.27 bits per heavy atom. The van der Waals surface area contributed by atoms with Gasteiger partial charge in [-0.25, -0.2) is 4.39 Å². The number of nitrogens with two attached hydrogens (primary N) is 1. The lowest BCUT2D eigenvalue weighted by molar-refractivity contribution is -0.138. The second-order valence-electron chi connectivity index (χ2n) is 4.80. The first-order valence-corrected chi connectivity index (χ1v) is 6.70. The summed E-state index contributed by atoms with van der Waals surface area (Å²) in [6, 6.07) is 9.17. The van der Waals surface area contributed by atoms with E-state index in [1.165, 1.54) is 30.3 Å². The normalized spacial score (nSPS) is 13.0. The number of rotatable bonds is 4. The molecule has 6 heteroatoms. The third-order valence-corrected chi connectivity index (χ3v) is 3.14. The lowest BCUT2D eigenvalue weighted by Crippen LogP contribution is -2.08. The van der Waals surface area contributed by atoms with E-state index in [-0.39, 0.29) is 17.2 Å². The van der Waals surface area contributed by atoms with Gasteiger partial charge in [0, 0.05) is 5.69 Å². The van der Waals surface area contributed by atoms with E-state index in [9.17, 15) is 17.6 Å². The number of benzene rings is 2. The van der Waals surface area contributed by atoms with Crippen molar-refractivity contribution in [2.75, 3.05) is 5.73 Å². The van der Waals surface area contributed by atoms with Crippen molar-refractivity contribution in [3.63, 3.8) is 0 Å². The fraction of sp³-hybridized carbons (Fsp3) is 0.250. The molecule has 0 amide bonds.